The summed E-state index contributed by atoms with van der Waals surface area (Å²) in [7, 11) is 3.98. The van der Waals surface area contributed by atoms with Crippen LogP contribution in [0.15, 0.2) is 72.3 Å². The van der Waals surface area contributed by atoms with Crippen molar-refractivity contribution in [3.05, 3.63) is 83.4 Å². The van der Waals surface area contributed by atoms with E-state index in [1.165, 1.54) is 0 Å². The molecule has 0 saturated heterocycles. The zero-order chi connectivity index (χ0) is 23.6. The Morgan fingerprint density at radius 2 is 1.73 bits per heavy atom. The number of nitrogens with one attached hydrogen (secondary N) is 2. The number of fused-ring (bicyclic) bond motifs is 1. The van der Waals surface area contributed by atoms with E-state index in [4.69, 9.17) is 9.94 Å². The van der Waals surface area contributed by atoms with Gasteiger partial charge in [-0.3, -0.25) is 14.8 Å². The third kappa shape index (κ3) is 6.90. The summed E-state index contributed by atoms with van der Waals surface area (Å²) >= 11 is 0. The van der Waals surface area contributed by atoms with E-state index in [9.17, 15) is 9.59 Å². The molecule has 0 bridgehead atoms. The molecular weight excluding hydrogens is 418 g/mol. The van der Waals surface area contributed by atoms with Crippen LogP contribution in [-0.4, -0.2) is 55.7 Å². The van der Waals surface area contributed by atoms with Crippen LogP contribution in [0.3, 0.4) is 0 Å². The SMILES string of the molecule is CN(C)CCCNC(=O)/C(=C/c1ccc(C(=O)NO)cc1)COc1cccc2ccccc12. The third-order valence-corrected chi connectivity index (χ3v) is 5.11. The Balaban J connectivity index is 1.79. The predicted molar refractivity (Wildman–Crippen MR) is 129 cm³/mol. The Hall–Kier alpha value is -3.68. The molecule has 2 amide bonds. The molecule has 0 aliphatic rings. The van der Waals surface area contributed by atoms with Crippen LogP contribution < -0.4 is 15.5 Å². The summed E-state index contributed by atoms with van der Waals surface area (Å²) < 4.78 is 6.06. The van der Waals surface area contributed by atoms with E-state index in [2.05, 4.69) is 10.2 Å². The lowest BCUT2D eigenvalue weighted by atomic mass is 10.1. The first-order valence-corrected chi connectivity index (χ1v) is 10.8. The van der Waals surface area contributed by atoms with E-state index in [-0.39, 0.29) is 12.5 Å². The molecule has 172 valence electrons. The Morgan fingerprint density at radius 3 is 2.45 bits per heavy atom. The molecule has 0 spiro atoms. The molecule has 0 aliphatic heterocycles. The summed E-state index contributed by atoms with van der Waals surface area (Å²) in [6.45, 7) is 1.52. The number of carbonyl (C=O) groups excluding carboxylic acids is 2. The van der Waals surface area contributed by atoms with Gasteiger partial charge in [-0.2, -0.15) is 0 Å². The van der Waals surface area contributed by atoms with E-state index in [1.807, 2.05) is 56.6 Å². The minimum absolute atomic E-state index is 0.0897. The molecule has 7 nitrogen and oxygen atoms in total. The first-order valence-electron chi connectivity index (χ1n) is 10.8. The molecular formula is C26H29N3O4. The van der Waals surface area contributed by atoms with Gasteiger partial charge in [0.15, 0.2) is 0 Å². The standard InChI is InChI=1S/C26H29N3O4/c1-29(2)16-6-15-27-25(30)22(17-19-11-13-21(14-12-19)26(31)28-32)18-33-24-10-5-8-20-7-3-4-9-23(20)24/h3-5,7-14,17,32H,6,15-16,18H2,1-2H3,(H,27,30)(H,28,31)/b22-17+. The van der Waals surface area contributed by atoms with Crippen LogP contribution in [0, 0.1) is 0 Å². The minimum atomic E-state index is -0.594. The van der Waals surface area contributed by atoms with Gasteiger partial charge < -0.3 is 15.0 Å². The van der Waals surface area contributed by atoms with E-state index in [0.717, 1.165) is 29.3 Å². The Bertz CT molecular complexity index is 1120. The zero-order valence-electron chi connectivity index (χ0n) is 18.9. The Morgan fingerprint density at radius 1 is 1.00 bits per heavy atom. The fraction of sp³-hybridized carbons (Fsp3) is 0.231. The number of rotatable bonds is 10. The van der Waals surface area contributed by atoms with Gasteiger partial charge in [0, 0.05) is 17.5 Å². The van der Waals surface area contributed by atoms with Crippen molar-refractivity contribution < 1.29 is 19.5 Å². The van der Waals surface area contributed by atoms with Gasteiger partial charge in [0.2, 0.25) is 0 Å². The lowest BCUT2D eigenvalue weighted by Gasteiger charge is -2.14. The number of ether oxygens (including phenoxy) is 1. The van der Waals surface area contributed by atoms with Crippen molar-refractivity contribution in [2.45, 2.75) is 6.42 Å². The van der Waals surface area contributed by atoms with Gasteiger partial charge in [0.05, 0.1) is 5.57 Å². The molecule has 3 N–H and O–H groups in total. The van der Waals surface area contributed by atoms with Crippen molar-refractivity contribution in [1.82, 2.24) is 15.7 Å². The van der Waals surface area contributed by atoms with Crippen molar-refractivity contribution in [3.8, 4) is 5.75 Å². The first kappa shape index (κ1) is 24.0. The van der Waals surface area contributed by atoms with Gasteiger partial charge in [0.1, 0.15) is 12.4 Å². The summed E-state index contributed by atoms with van der Waals surface area (Å²) in [4.78, 5) is 26.5. The molecule has 7 heteroatoms. The van der Waals surface area contributed by atoms with Crippen molar-refractivity contribution in [3.63, 3.8) is 0 Å². The maximum atomic E-state index is 12.9. The zero-order valence-corrected chi connectivity index (χ0v) is 18.9. The van der Waals surface area contributed by atoms with Gasteiger partial charge >= 0.3 is 0 Å². The van der Waals surface area contributed by atoms with Crippen molar-refractivity contribution in [2.24, 2.45) is 0 Å². The number of hydrogen-bond acceptors (Lipinski definition) is 5. The summed E-state index contributed by atoms with van der Waals surface area (Å²) in [6.07, 6.45) is 2.58. The number of hydrogen-bond donors (Lipinski definition) is 3. The molecule has 3 aromatic rings. The van der Waals surface area contributed by atoms with E-state index < -0.39 is 5.91 Å². The molecule has 0 atom stereocenters. The summed E-state index contributed by atoms with van der Waals surface area (Å²) in [5.41, 5.74) is 3.13. The second-order valence-electron chi connectivity index (χ2n) is 7.91. The highest BCUT2D eigenvalue weighted by Gasteiger charge is 2.12. The molecule has 0 radical (unpaired) electrons. The van der Waals surface area contributed by atoms with Crippen LogP contribution in [0.25, 0.3) is 16.8 Å². The largest absolute Gasteiger partial charge is 0.488 e. The highest BCUT2D eigenvalue weighted by atomic mass is 16.5. The first-order chi connectivity index (χ1) is 16.0. The highest BCUT2D eigenvalue weighted by molar-refractivity contribution is 5.98. The molecule has 0 unspecified atom stereocenters. The number of amides is 2. The molecule has 0 saturated carbocycles. The van der Waals surface area contributed by atoms with Gasteiger partial charge in [-0.05, 0) is 62.3 Å². The highest BCUT2D eigenvalue weighted by Crippen LogP contribution is 2.25. The average molecular weight is 448 g/mol. The molecule has 0 heterocycles. The maximum absolute atomic E-state index is 12.9. The number of benzene rings is 3. The number of nitrogens with zero attached hydrogens (tertiary/aromatic N) is 1. The van der Waals surface area contributed by atoms with Gasteiger partial charge in [-0.15, -0.1) is 0 Å². The van der Waals surface area contributed by atoms with Gasteiger partial charge in [-0.1, -0.05) is 48.5 Å². The lowest BCUT2D eigenvalue weighted by molar-refractivity contribution is -0.117. The van der Waals surface area contributed by atoms with Crippen molar-refractivity contribution in [1.29, 1.82) is 0 Å². The number of carbonyl (C=O) groups is 2. The molecule has 0 aliphatic carbocycles. The van der Waals surface area contributed by atoms with Crippen LogP contribution in [-0.2, 0) is 4.79 Å². The van der Waals surface area contributed by atoms with E-state index in [1.54, 1.807) is 35.8 Å². The molecule has 33 heavy (non-hydrogen) atoms. The number of hydroxylamine groups is 1. The Kier molecular flexibility index (Phi) is 8.57. The quantitative estimate of drug-likeness (QED) is 0.192. The molecule has 3 rings (SSSR count). The van der Waals surface area contributed by atoms with Crippen LogP contribution in [0.4, 0.5) is 0 Å². The lowest BCUT2D eigenvalue weighted by Crippen LogP contribution is -2.30. The van der Waals surface area contributed by atoms with Gasteiger partial charge in [-0.25, -0.2) is 5.48 Å². The van der Waals surface area contributed by atoms with Crippen LogP contribution in [0.5, 0.6) is 5.75 Å². The molecule has 0 fully saturated rings. The van der Waals surface area contributed by atoms with Crippen molar-refractivity contribution in [2.75, 3.05) is 33.8 Å². The fourth-order valence-electron chi connectivity index (χ4n) is 3.36. The summed E-state index contributed by atoms with van der Waals surface area (Å²) in [6, 6.07) is 20.3. The second-order valence-corrected chi connectivity index (χ2v) is 7.91. The van der Waals surface area contributed by atoms with Crippen molar-refractivity contribution >= 4 is 28.7 Å². The second kappa shape index (κ2) is 11.8. The van der Waals surface area contributed by atoms with Gasteiger partial charge in [0.25, 0.3) is 11.8 Å². The molecule has 0 aromatic heterocycles. The van der Waals surface area contributed by atoms with Crippen LogP contribution in [0.2, 0.25) is 0 Å². The summed E-state index contributed by atoms with van der Waals surface area (Å²) in [5, 5.41) is 13.8. The van der Waals surface area contributed by atoms with Crippen LogP contribution in [0.1, 0.15) is 22.3 Å². The van der Waals surface area contributed by atoms with Crippen LogP contribution >= 0.6 is 0 Å². The van der Waals surface area contributed by atoms with E-state index >= 15 is 0 Å². The topological polar surface area (TPSA) is 90.9 Å². The summed E-state index contributed by atoms with van der Waals surface area (Å²) in [5.74, 6) is -0.0933. The minimum Gasteiger partial charge on any atom is -0.488 e. The normalized spacial score (nSPS) is 11.5. The maximum Gasteiger partial charge on any atom is 0.274 e. The molecule has 3 aromatic carbocycles. The Labute approximate surface area is 193 Å². The van der Waals surface area contributed by atoms with E-state index in [0.29, 0.717) is 23.4 Å². The predicted octanol–water partition coefficient (Wildman–Crippen LogP) is 3.49. The monoisotopic (exact) mass is 447 g/mol. The average Bonchev–Trinajstić information content (AvgIpc) is 2.84. The smallest absolute Gasteiger partial charge is 0.274 e. The fourth-order valence-corrected chi connectivity index (χ4v) is 3.36. The third-order valence-electron chi connectivity index (χ3n) is 5.11.